The molecule has 0 amide bonds. The first-order valence-corrected chi connectivity index (χ1v) is 8.25. The monoisotopic (exact) mass is 312 g/mol. The highest BCUT2D eigenvalue weighted by molar-refractivity contribution is 7.89. The van der Waals surface area contributed by atoms with Crippen molar-refractivity contribution in [3.63, 3.8) is 0 Å². The Morgan fingerprint density at radius 3 is 2.76 bits per heavy atom. The van der Waals surface area contributed by atoms with Crippen molar-refractivity contribution < 1.29 is 17.9 Å². The topological polar surface area (TPSA) is 89.7 Å². The zero-order chi connectivity index (χ0) is 15.6. The molecular weight excluding hydrogens is 292 g/mol. The van der Waals surface area contributed by atoms with E-state index in [0.29, 0.717) is 24.9 Å². The molecule has 1 aromatic rings. The molecule has 1 aliphatic rings. The number of anilines is 1. The number of hydrogen-bond acceptors (Lipinski definition) is 5. The Kier molecular flexibility index (Phi) is 4.53. The molecule has 21 heavy (non-hydrogen) atoms. The van der Waals surface area contributed by atoms with Crippen LogP contribution in [0.3, 0.4) is 0 Å². The first-order valence-electron chi connectivity index (χ1n) is 6.81. The lowest BCUT2D eigenvalue weighted by Gasteiger charge is -2.31. The van der Waals surface area contributed by atoms with Gasteiger partial charge in [-0.15, -0.1) is 0 Å². The lowest BCUT2D eigenvalue weighted by Crippen LogP contribution is -2.42. The predicted octanol–water partition coefficient (Wildman–Crippen LogP) is 1.15. The van der Waals surface area contributed by atoms with Crippen LogP contribution >= 0.6 is 0 Å². The van der Waals surface area contributed by atoms with E-state index in [2.05, 4.69) is 0 Å². The van der Waals surface area contributed by atoms with Crippen LogP contribution < -0.4 is 5.73 Å². The number of piperidine rings is 1. The van der Waals surface area contributed by atoms with Gasteiger partial charge in [-0.3, -0.25) is 4.79 Å². The Bertz CT molecular complexity index is 622. The van der Waals surface area contributed by atoms with Gasteiger partial charge in [0.1, 0.15) is 4.90 Å². The summed E-state index contributed by atoms with van der Waals surface area (Å²) < 4.78 is 31.6. The summed E-state index contributed by atoms with van der Waals surface area (Å²) in [6.45, 7) is 2.25. The molecule has 2 N–H and O–H groups in total. The molecule has 0 bridgehead atoms. The van der Waals surface area contributed by atoms with Gasteiger partial charge in [-0.25, -0.2) is 8.42 Å². The minimum absolute atomic E-state index is 0.135. The summed E-state index contributed by atoms with van der Waals surface area (Å²) in [4.78, 5) is 11.8. The van der Waals surface area contributed by atoms with Crippen LogP contribution in [0.5, 0.6) is 0 Å². The normalized spacial score (nSPS) is 20.2. The average Bonchev–Trinajstić information content (AvgIpc) is 2.46. The lowest BCUT2D eigenvalue weighted by atomic mass is 10.0. The van der Waals surface area contributed by atoms with Gasteiger partial charge < -0.3 is 10.5 Å². The van der Waals surface area contributed by atoms with Crippen LogP contribution in [0.25, 0.3) is 0 Å². The largest absolute Gasteiger partial charge is 0.469 e. The first kappa shape index (κ1) is 15.8. The fraction of sp³-hybridized carbons (Fsp3) is 0.500. The maximum Gasteiger partial charge on any atom is 0.309 e. The molecule has 1 unspecified atom stereocenters. The van der Waals surface area contributed by atoms with Crippen molar-refractivity contribution in [1.29, 1.82) is 0 Å². The predicted molar refractivity (Wildman–Crippen MR) is 79.1 cm³/mol. The van der Waals surface area contributed by atoms with Crippen molar-refractivity contribution in [1.82, 2.24) is 4.31 Å². The van der Waals surface area contributed by atoms with Gasteiger partial charge in [0.05, 0.1) is 18.7 Å². The van der Waals surface area contributed by atoms with Crippen molar-refractivity contribution in [2.75, 3.05) is 25.9 Å². The Hall–Kier alpha value is -1.60. The minimum atomic E-state index is -3.70. The molecule has 7 heteroatoms. The van der Waals surface area contributed by atoms with Crippen LogP contribution in [0.4, 0.5) is 5.69 Å². The summed E-state index contributed by atoms with van der Waals surface area (Å²) in [5.41, 5.74) is 6.68. The fourth-order valence-electron chi connectivity index (χ4n) is 2.68. The van der Waals surface area contributed by atoms with E-state index in [1.807, 2.05) is 0 Å². The molecule has 1 aliphatic heterocycles. The van der Waals surface area contributed by atoms with Crippen LogP contribution in [0.1, 0.15) is 18.4 Å². The molecule has 0 radical (unpaired) electrons. The third kappa shape index (κ3) is 3.03. The van der Waals surface area contributed by atoms with Crippen LogP contribution in [-0.2, 0) is 19.6 Å². The second kappa shape index (κ2) is 6.03. The number of ether oxygens (including phenoxy) is 1. The third-order valence-corrected chi connectivity index (χ3v) is 5.84. The summed E-state index contributed by atoms with van der Waals surface area (Å²) in [5, 5.41) is 0. The molecule has 1 aromatic carbocycles. The SMILES string of the molecule is COC(=O)C1CCCN(S(=O)(=O)c2c(C)cccc2N)C1. The van der Waals surface area contributed by atoms with Gasteiger partial charge in [-0.05, 0) is 31.4 Å². The molecule has 1 atom stereocenters. The number of carbonyl (C=O) groups is 1. The minimum Gasteiger partial charge on any atom is -0.469 e. The van der Waals surface area contributed by atoms with E-state index in [-0.39, 0.29) is 23.1 Å². The van der Waals surface area contributed by atoms with E-state index in [1.165, 1.54) is 11.4 Å². The highest BCUT2D eigenvalue weighted by Gasteiger charge is 2.35. The maximum absolute atomic E-state index is 12.8. The summed E-state index contributed by atoms with van der Waals surface area (Å²) in [6, 6.07) is 5.00. The Morgan fingerprint density at radius 1 is 1.43 bits per heavy atom. The second-order valence-corrected chi connectivity index (χ2v) is 7.09. The van der Waals surface area contributed by atoms with Gasteiger partial charge in [0, 0.05) is 13.1 Å². The van der Waals surface area contributed by atoms with E-state index in [0.717, 1.165) is 0 Å². The summed E-state index contributed by atoms with van der Waals surface area (Å²) in [6.07, 6.45) is 1.27. The van der Waals surface area contributed by atoms with Crippen molar-refractivity contribution in [2.24, 2.45) is 5.92 Å². The van der Waals surface area contributed by atoms with Crippen LogP contribution in [0.2, 0.25) is 0 Å². The number of rotatable bonds is 3. The number of benzene rings is 1. The van der Waals surface area contributed by atoms with Gasteiger partial charge in [0.2, 0.25) is 10.0 Å². The number of hydrogen-bond donors (Lipinski definition) is 1. The third-order valence-electron chi connectivity index (χ3n) is 3.76. The molecule has 116 valence electrons. The van der Waals surface area contributed by atoms with Crippen molar-refractivity contribution in [3.8, 4) is 0 Å². The molecule has 1 heterocycles. The standard InChI is InChI=1S/C14H20N2O4S/c1-10-5-3-7-12(15)13(10)21(18,19)16-8-4-6-11(9-16)14(17)20-2/h3,5,7,11H,4,6,8-9,15H2,1-2H3. The fourth-order valence-corrected chi connectivity index (χ4v) is 4.52. The highest BCUT2D eigenvalue weighted by atomic mass is 32.2. The number of nitrogens with zero attached hydrogens (tertiary/aromatic N) is 1. The van der Waals surface area contributed by atoms with E-state index in [4.69, 9.17) is 10.5 Å². The molecule has 6 nitrogen and oxygen atoms in total. The Balaban J connectivity index is 2.33. The number of carbonyl (C=O) groups excluding carboxylic acids is 1. The van der Waals surface area contributed by atoms with Crippen LogP contribution in [0.15, 0.2) is 23.1 Å². The van der Waals surface area contributed by atoms with Gasteiger partial charge in [-0.1, -0.05) is 12.1 Å². The van der Waals surface area contributed by atoms with Gasteiger partial charge in [-0.2, -0.15) is 4.31 Å². The maximum atomic E-state index is 12.8. The molecule has 1 saturated heterocycles. The van der Waals surface area contributed by atoms with E-state index < -0.39 is 15.9 Å². The van der Waals surface area contributed by atoms with Crippen LogP contribution in [0, 0.1) is 12.8 Å². The number of esters is 1. The number of aryl methyl sites for hydroxylation is 1. The Morgan fingerprint density at radius 2 is 2.14 bits per heavy atom. The molecule has 0 aliphatic carbocycles. The summed E-state index contributed by atoms with van der Waals surface area (Å²) >= 11 is 0. The zero-order valence-corrected chi connectivity index (χ0v) is 13.0. The molecule has 1 fully saturated rings. The summed E-state index contributed by atoms with van der Waals surface area (Å²) in [5.74, 6) is -0.781. The second-order valence-electron chi connectivity index (χ2n) is 5.22. The van der Waals surface area contributed by atoms with Crippen molar-refractivity contribution >= 4 is 21.7 Å². The lowest BCUT2D eigenvalue weighted by molar-refractivity contribution is -0.146. The Labute approximate surface area is 124 Å². The van der Waals surface area contributed by atoms with Gasteiger partial charge >= 0.3 is 5.97 Å². The number of methoxy groups -OCH3 is 1. The van der Waals surface area contributed by atoms with Crippen LogP contribution in [-0.4, -0.2) is 38.9 Å². The molecule has 2 rings (SSSR count). The van der Waals surface area contributed by atoms with Crippen molar-refractivity contribution in [3.05, 3.63) is 23.8 Å². The quantitative estimate of drug-likeness (QED) is 0.668. The summed E-state index contributed by atoms with van der Waals surface area (Å²) in [7, 11) is -2.38. The van der Waals surface area contributed by atoms with E-state index in [1.54, 1.807) is 25.1 Å². The van der Waals surface area contributed by atoms with Crippen molar-refractivity contribution in [2.45, 2.75) is 24.7 Å². The number of nitrogens with two attached hydrogens (primary N) is 1. The number of nitrogen functional groups attached to an aromatic ring is 1. The van der Waals surface area contributed by atoms with Gasteiger partial charge in [0.25, 0.3) is 0 Å². The van der Waals surface area contributed by atoms with E-state index in [9.17, 15) is 13.2 Å². The first-order chi connectivity index (χ1) is 9.87. The molecule has 0 aromatic heterocycles. The molecule has 0 saturated carbocycles. The zero-order valence-electron chi connectivity index (χ0n) is 12.2. The highest BCUT2D eigenvalue weighted by Crippen LogP contribution is 2.29. The number of sulfonamides is 1. The van der Waals surface area contributed by atoms with Gasteiger partial charge in [0.15, 0.2) is 0 Å². The molecule has 0 spiro atoms. The van der Waals surface area contributed by atoms with E-state index >= 15 is 0 Å². The smallest absolute Gasteiger partial charge is 0.309 e. The average molecular weight is 312 g/mol. The molecular formula is C14H20N2O4S.